The number of fused-ring (bicyclic) bond motifs is 1. The summed E-state index contributed by atoms with van der Waals surface area (Å²) in [5.41, 5.74) is -0.0276. The smallest absolute Gasteiger partial charge is 0.331 e. The molecule has 1 aliphatic heterocycles. The van der Waals surface area contributed by atoms with Gasteiger partial charge in [-0.1, -0.05) is 6.07 Å². The van der Waals surface area contributed by atoms with Crippen molar-refractivity contribution in [3.8, 4) is 17.2 Å². The number of ether oxygens (including phenoxy) is 3. The third kappa shape index (κ3) is 6.10. The molecular formula is C29H30O12. The number of esters is 1. The van der Waals surface area contributed by atoms with Crippen molar-refractivity contribution in [3.63, 3.8) is 0 Å². The number of methoxy groups -OCH3 is 1. The normalized spacial score (nSPS) is 22.6. The molecule has 5 unspecified atom stereocenters. The molecule has 3 aromatic rings. The standard InChI is InChI=1S/C29H30O12/c1-13-8-18(33)24(27-23(13)19(34)11-16(39-27)9-14(2)31)28-29(26(37)25(36)21(12-30)40-28)41-22(35)7-5-15-4-6-17(32)20(10-15)38-3/h4-8,10-11,21,25-26,28-30,32-33,36-37H,9,12H2,1-3H3. The Hall–Kier alpha value is -4.23. The van der Waals surface area contributed by atoms with Crippen molar-refractivity contribution in [1.29, 1.82) is 0 Å². The Bertz CT molecular complexity index is 1560. The Morgan fingerprint density at radius 2 is 1.80 bits per heavy atom. The van der Waals surface area contributed by atoms with E-state index in [1.165, 1.54) is 44.4 Å². The van der Waals surface area contributed by atoms with Crippen molar-refractivity contribution in [2.45, 2.75) is 50.8 Å². The van der Waals surface area contributed by atoms with Crippen molar-refractivity contribution in [1.82, 2.24) is 0 Å². The minimum atomic E-state index is -1.79. The number of Topliss-reactive ketones (excluding diaryl/α,β-unsaturated/α-hetero) is 1. The molecule has 0 spiro atoms. The lowest BCUT2D eigenvalue weighted by atomic mass is 9.89. The van der Waals surface area contributed by atoms with Crippen LogP contribution in [0.2, 0.25) is 0 Å². The van der Waals surface area contributed by atoms with Crippen LogP contribution in [-0.4, -0.2) is 75.4 Å². The Balaban J connectivity index is 1.78. The lowest BCUT2D eigenvalue weighted by Gasteiger charge is -2.42. The van der Waals surface area contributed by atoms with Gasteiger partial charge in [0.2, 0.25) is 0 Å². The quantitative estimate of drug-likeness (QED) is 0.194. The van der Waals surface area contributed by atoms with E-state index in [0.29, 0.717) is 11.1 Å². The highest BCUT2D eigenvalue weighted by atomic mass is 16.6. The van der Waals surface area contributed by atoms with Crippen LogP contribution in [0.3, 0.4) is 0 Å². The number of aliphatic hydroxyl groups excluding tert-OH is 3. The zero-order valence-electron chi connectivity index (χ0n) is 22.4. The maximum atomic E-state index is 13.0. The van der Waals surface area contributed by atoms with E-state index in [9.17, 15) is 39.9 Å². The van der Waals surface area contributed by atoms with E-state index in [2.05, 4.69) is 0 Å². The number of benzene rings is 2. The van der Waals surface area contributed by atoms with Gasteiger partial charge in [-0.15, -0.1) is 0 Å². The first-order chi connectivity index (χ1) is 19.4. The summed E-state index contributed by atoms with van der Waals surface area (Å²) in [6.07, 6.45) is -5.82. The van der Waals surface area contributed by atoms with Gasteiger partial charge in [0.1, 0.15) is 47.3 Å². The summed E-state index contributed by atoms with van der Waals surface area (Å²) in [6, 6.07) is 6.77. The van der Waals surface area contributed by atoms with Gasteiger partial charge in [0.15, 0.2) is 23.0 Å². The molecule has 12 nitrogen and oxygen atoms in total. The fourth-order valence-electron chi connectivity index (χ4n) is 4.77. The summed E-state index contributed by atoms with van der Waals surface area (Å²) < 4.78 is 22.2. The topological polar surface area (TPSA) is 193 Å². The minimum Gasteiger partial charge on any atom is -0.507 e. The Morgan fingerprint density at radius 1 is 1.07 bits per heavy atom. The SMILES string of the molecule is COc1cc(C=CC(=O)OC2C(c3c(O)cc(C)c4c(=O)cc(CC(C)=O)oc34)OC(CO)C(O)C2O)ccc1O. The second-order valence-corrected chi connectivity index (χ2v) is 9.71. The molecule has 1 aromatic heterocycles. The summed E-state index contributed by atoms with van der Waals surface area (Å²) in [7, 11) is 1.36. The number of rotatable bonds is 8. The van der Waals surface area contributed by atoms with Gasteiger partial charge in [0, 0.05) is 12.1 Å². The van der Waals surface area contributed by atoms with E-state index in [-0.39, 0.29) is 46.0 Å². The Labute approximate surface area is 233 Å². The number of ketones is 1. The van der Waals surface area contributed by atoms with Crippen molar-refractivity contribution in [2.75, 3.05) is 13.7 Å². The predicted molar refractivity (Wildman–Crippen MR) is 144 cm³/mol. The number of carbonyl (C=O) groups is 2. The molecule has 2 heterocycles. The molecule has 1 aliphatic rings. The Morgan fingerprint density at radius 3 is 2.46 bits per heavy atom. The molecule has 12 heteroatoms. The molecule has 0 radical (unpaired) electrons. The van der Waals surface area contributed by atoms with Gasteiger partial charge in [-0.3, -0.25) is 9.59 Å². The van der Waals surface area contributed by atoms with Crippen LogP contribution in [-0.2, 0) is 25.5 Å². The van der Waals surface area contributed by atoms with Gasteiger partial charge >= 0.3 is 5.97 Å². The summed E-state index contributed by atoms with van der Waals surface area (Å²) >= 11 is 0. The molecule has 5 N–H and O–H groups in total. The van der Waals surface area contributed by atoms with Crippen molar-refractivity contribution in [3.05, 3.63) is 69.1 Å². The van der Waals surface area contributed by atoms with Gasteiger partial charge in [0.05, 0.1) is 31.1 Å². The average Bonchev–Trinajstić information content (AvgIpc) is 2.91. The van der Waals surface area contributed by atoms with Crippen molar-refractivity contribution >= 4 is 28.8 Å². The van der Waals surface area contributed by atoms with Crippen LogP contribution in [0.4, 0.5) is 0 Å². The number of phenols is 2. The highest BCUT2D eigenvalue weighted by molar-refractivity contribution is 5.88. The number of hydrogen-bond donors (Lipinski definition) is 5. The van der Waals surface area contributed by atoms with Gasteiger partial charge in [0.25, 0.3) is 0 Å². The highest BCUT2D eigenvalue weighted by Crippen LogP contribution is 2.42. The second-order valence-electron chi connectivity index (χ2n) is 9.71. The Kier molecular flexibility index (Phi) is 8.78. The van der Waals surface area contributed by atoms with E-state index in [0.717, 1.165) is 12.1 Å². The zero-order chi connectivity index (χ0) is 30.0. The van der Waals surface area contributed by atoms with E-state index in [1.54, 1.807) is 6.92 Å². The van der Waals surface area contributed by atoms with Crippen LogP contribution in [0.25, 0.3) is 17.0 Å². The molecule has 0 bridgehead atoms. The summed E-state index contributed by atoms with van der Waals surface area (Å²) in [5, 5.41) is 52.1. The molecule has 5 atom stereocenters. The molecular weight excluding hydrogens is 540 g/mol. The number of aliphatic hydroxyl groups is 3. The largest absolute Gasteiger partial charge is 0.507 e. The number of carbonyl (C=O) groups excluding carboxylic acids is 2. The molecule has 0 amide bonds. The third-order valence-electron chi connectivity index (χ3n) is 6.71. The number of aromatic hydroxyl groups is 2. The first-order valence-corrected chi connectivity index (χ1v) is 12.6. The van der Waals surface area contributed by atoms with Crippen LogP contribution in [0, 0.1) is 6.92 Å². The number of phenolic OH excluding ortho intramolecular Hbond substituents is 2. The second kappa shape index (κ2) is 12.1. The number of aryl methyl sites for hydroxylation is 1. The molecule has 1 saturated heterocycles. The van der Waals surface area contributed by atoms with Crippen LogP contribution >= 0.6 is 0 Å². The zero-order valence-corrected chi connectivity index (χ0v) is 22.4. The first kappa shape index (κ1) is 29.7. The lowest BCUT2D eigenvalue weighted by Crippen LogP contribution is -2.56. The first-order valence-electron chi connectivity index (χ1n) is 12.6. The summed E-state index contributed by atoms with van der Waals surface area (Å²) in [4.78, 5) is 37.6. The number of hydrogen-bond acceptors (Lipinski definition) is 12. The van der Waals surface area contributed by atoms with Gasteiger partial charge in [-0.2, -0.15) is 0 Å². The van der Waals surface area contributed by atoms with Gasteiger partial charge in [-0.25, -0.2) is 4.79 Å². The van der Waals surface area contributed by atoms with E-state index in [1.807, 2.05) is 0 Å². The van der Waals surface area contributed by atoms with E-state index >= 15 is 0 Å². The average molecular weight is 571 g/mol. The van der Waals surface area contributed by atoms with Gasteiger partial charge < -0.3 is 44.2 Å². The van der Waals surface area contributed by atoms with E-state index in [4.69, 9.17) is 18.6 Å². The van der Waals surface area contributed by atoms with Crippen LogP contribution < -0.4 is 10.2 Å². The maximum absolute atomic E-state index is 13.0. The summed E-state index contributed by atoms with van der Waals surface area (Å²) in [6.45, 7) is 2.14. The molecule has 2 aromatic carbocycles. The highest BCUT2D eigenvalue weighted by Gasteiger charge is 2.48. The fraction of sp³-hybridized carbons (Fsp3) is 0.345. The van der Waals surface area contributed by atoms with Crippen LogP contribution in [0.1, 0.15) is 35.5 Å². The van der Waals surface area contributed by atoms with Crippen LogP contribution in [0.15, 0.2) is 45.6 Å². The predicted octanol–water partition coefficient (Wildman–Crippen LogP) is 1.43. The maximum Gasteiger partial charge on any atom is 0.331 e. The van der Waals surface area contributed by atoms with E-state index < -0.39 is 54.3 Å². The van der Waals surface area contributed by atoms with Crippen LogP contribution in [0.5, 0.6) is 17.2 Å². The molecule has 0 aliphatic carbocycles. The lowest BCUT2D eigenvalue weighted by molar-refractivity contribution is -0.239. The molecule has 218 valence electrons. The molecule has 0 saturated carbocycles. The van der Waals surface area contributed by atoms with Crippen molar-refractivity contribution < 1.29 is 53.7 Å². The van der Waals surface area contributed by atoms with Gasteiger partial charge in [-0.05, 0) is 49.2 Å². The summed E-state index contributed by atoms with van der Waals surface area (Å²) in [5.74, 6) is -1.62. The third-order valence-corrected chi connectivity index (χ3v) is 6.71. The van der Waals surface area contributed by atoms with Crippen molar-refractivity contribution in [2.24, 2.45) is 0 Å². The minimum absolute atomic E-state index is 0.0113. The fourth-order valence-corrected chi connectivity index (χ4v) is 4.77. The molecule has 4 rings (SSSR count). The molecule has 41 heavy (non-hydrogen) atoms. The monoisotopic (exact) mass is 570 g/mol. The molecule has 1 fully saturated rings.